The van der Waals surface area contributed by atoms with Gasteiger partial charge in [-0.15, -0.1) is 0 Å². The van der Waals surface area contributed by atoms with Gasteiger partial charge in [0, 0.05) is 12.8 Å². The monoisotopic (exact) mass is 1140 g/mol. The van der Waals surface area contributed by atoms with Gasteiger partial charge in [0.2, 0.25) is 5.91 Å². The molecule has 3 atom stereocenters. The van der Waals surface area contributed by atoms with Gasteiger partial charge < -0.3 is 28.5 Å². The minimum Gasteiger partial charge on any atom is -0.756 e. The van der Waals surface area contributed by atoms with E-state index in [2.05, 4.69) is 62.5 Å². The molecule has 1 N–H and O–H groups in total. The Morgan fingerprint density at radius 2 is 0.762 bits per heavy atom. The van der Waals surface area contributed by atoms with Crippen LogP contribution in [0.5, 0.6) is 0 Å². The van der Waals surface area contributed by atoms with Crippen molar-refractivity contribution in [3.8, 4) is 0 Å². The van der Waals surface area contributed by atoms with Gasteiger partial charge in [-0.25, -0.2) is 0 Å². The van der Waals surface area contributed by atoms with Gasteiger partial charge in [0.1, 0.15) is 19.3 Å². The van der Waals surface area contributed by atoms with E-state index in [1.807, 2.05) is 33.3 Å². The number of carbonyl (C=O) groups is 2. The van der Waals surface area contributed by atoms with Crippen LogP contribution in [0.1, 0.15) is 335 Å². The number of ether oxygens (including phenoxy) is 1. The minimum atomic E-state index is -4.70. The van der Waals surface area contributed by atoms with Gasteiger partial charge in [-0.1, -0.05) is 282 Å². The number of unbranched alkanes of at least 4 members (excludes halogenated alkanes) is 41. The summed E-state index contributed by atoms with van der Waals surface area (Å²) in [7, 11) is 1.19. The van der Waals surface area contributed by atoms with Crippen LogP contribution in [0.15, 0.2) is 48.6 Å². The number of nitrogens with one attached hydrogen (secondary N) is 1. The van der Waals surface area contributed by atoms with Crippen LogP contribution >= 0.6 is 7.82 Å². The van der Waals surface area contributed by atoms with Crippen LogP contribution in [-0.2, 0) is 27.9 Å². The summed E-state index contributed by atoms with van der Waals surface area (Å²) in [5, 5.41) is 3.04. The van der Waals surface area contributed by atoms with Crippen molar-refractivity contribution >= 4 is 19.7 Å². The molecule has 0 aliphatic heterocycles. The number of nitrogens with zero attached hydrogens (tertiary/aromatic N) is 1. The molecular formula is C70H133N2O7P. The molecule has 0 saturated heterocycles. The summed E-state index contributed by atoms with van der Waals surface area (Å²) in [6.07, 6.45) is 75.1. The molecule has 0 bridgehead atoms. The normalized spacial score (nSPS) is 13.8. The smallest absolute Gasteiger partial charge is 0.306 e. The Morgan fingerprint density at radius 3 is 1.16 bits per heavy atom. The molecule has 1 amide bonds. The van der Waals surface area contributed by atoms with Crippen LogP contribution < -0.4 is 10.2 Å². The van der Waals surface area contributed by atoms with E-state index in [1.54, 1.807) is 0 Å². The Kier molecular flexibility index (Phi) is 58.6. The fourth-order valence-electron chi connectivity index (χ4n) is 10.1. The first-order chi connectivity index (χ1) is 38.9. The molecule has 0 aromatic heterocycles. The molecule has 470 valence electrons. The quantitative estimate of drug-likeness (QED) is 0.0212. The molecule has 3 unspecified atom stereocenters. The molecule has 0 aromatic carbocycles. The van der Waals surface area contributed by atoms with E-state index in [-0.39, 0.29) is 31.5 Å². The number of quaternary nitrogens is 1. The lowest BCUT2D eigenvalue weighted by Gasteiger charge is -2.30. The lowest BCUT2D eigenvalue weighted by molar-refractivity contribution is -0.870. The third-order valence-electron chi connectivity index (χ3n) is 15.5. The standard InChI is InChI=1S/C70H133N2O7P/c1-7-10-13-16-19-22-25-28-30-32-34-35-36-37-39-40-42-44-47-50-53-56-59-62-69(73)71-67(66-78-80(75,76)77-65-64-72(4,5)6)68(61-58-55-52-49-46-27-24-21-18-15-12-9-3)79-70(74)63-60-57-54-51-48-45-43-41-38-33-31-29-26-23-20-17-14-11-8-2/h19,22,28-31,58,61,67-68H,7-18,20-21,23-27,32-57,59-60,62-66H2,1-6H3,(H-,71,73,75,76)/b22-19-,30-28-,31-29+,61-58-. The van der Waals surface area contributed by atoms with E-state index in [0.717, 1.165) is 64.2 Å². The van der Waals surface area contributed by atoms with E-state index in [4.69, 9.17) is 13.8 Å². The number of phosphoric acid groups is 1. The maximum atomic E-state index is 13.6. The van der Waals surface area contributed by atoms with Gasteiger partial charge in [-0.2, -0.15) is 0 Å². The Balaban J connectivity index is 5.10. The first-order valence-corrected chi connectivity index (χ1v) is 35.9. The van der Waals surface area contributed by atoms with Crippen molar-refractivity contribution in [1.82, 2.24) is 5.32 Å². The van der Waals surface area contributed by atoms with Crippen molar-refractivity contribution in [2.45, 2.75) is 348 Å². The maximum absolute atomic E-state index is 13.6. The van der Waals surface area contributed by atoms with Gasteiger partial charge >= 0.3 is 5.97 Å². The van der Waals surface area contributed by atoms with Crippen LogP contribution in [-0.4, -0.2) is 69.4 Å². The van der Waals surface area contributed by atoms with Gasteiger partial charge in [0.15, 0.2) is 0 Å². The summed E-state index contributed by atoms with van der Waals surface area (Å²) in [5.41, 5.74) is 0. The molecule has 0 saturated carbocycles. The third kappa shape index (κ3) is 60.6. The van der Waals surface area contributed by atoms with E-state index >= 15 is 0 Å². The minimum absolute atomic E-state index is 0.0216. The SMILES string of the molecule is CCCCC/C=C\C/C=C\CCCCCCCCCCCCCCCC(=O)NC(COP(=O)([O-])OCC[N+](C)(C)C)C(/C=C\CCCCCCCCCCCC)OC(=O)CCCCCCCCCCC/C=C/CCCCCCCC. The summed E-state index contributed by atoms with van der Waals surface area (Å²) in [5.74, 6) is -0.531. The number of hydrogen-bond donors (Lipinski definition) is 1. The van der Waals surface area contributed by atoms with Crippen molar-refractivity contribution in [2.75, 3.05) is 40.9 Å². The summed E-state index contributed by atoms with van der Waals surface area (Å²) in [6.45, 7) is 6.86. The number of likely N-dealkylation sites (N-methyl/N-ethyl adjacent to an activating group) is 1. The molecule has 0 aromatic rings. The average molecular weight is 1150 g/mol. The fourth-order valence-corrected chi connectivity index (χ4v) is 10.9. The molecule has 0 spiro atoms. The highest BCUT2D eigenvalue weighted by Crippen LogP contribution is 2.38. The lowest BCUT2D eigenvalue weighted by Crippen LogP contribution is -2.47. The zero-order valence-corrected chi connectivity index (χ0v) is 54.7. The predicted molar refractivity (Wildman–Crippen MR) is 344 cm³/mol. The second-order valence-corrected chi connectivity index (χ2v) is 26.1. The molecule has 80 heavy (non-hydrogen) atoms. The van der Waals surface area contributed by atoms with E-state index < -0.39 is 20.0 Å². The average Bonchev–Trinajstić information content (AvgIpc) is 3.42. The van der Waals surface area contributed by atoms with Crippen molar-refractivity contribution in [2.24, 2.45) is 0 Å². The van der Waals surface area contributed by atoms with Crippen LogP contribution in [0.2, 0.25) is 0 Å². The number of rotatable bonds is 63. The summed E-state index contributed by atoms with van der Waals surface area (Å²) < 4.78 is 30.4. The van der Waals surface area contributed by atoms with Gasteiger partial charge in [-0.05, 0) is 89.5 Å². The summed E-state index contributed by atoms with van der Waals surface area (Å²) in [4.78, 5) is 40.1. The number of phosphoric ester groups is 1. The molecular weight excluding hydrogens is 1010 g/mol. The first kappa shape index (κ1) is 78.0. The molecule has 0 rings (SSSR count). The molecule has 10 heteroatoms. The Hall–Kier alpha value is -2.03. The molecule has 0 aliphatic carbocycles. The highest BCUT2D eigenvalue weighted by atomic mass is 31.2. The van der Waals surface area contributed by atoms with Crippen molar-refractivity contribution in [3.05, 3.63) is 48.6 Å². The Bertz CT molecular complexity index is 1510. The molecule has 0 heterocycles. The predicted octanol–water partition coefficient (Wildman–Crippen LogP) is 21.0. The van der Waals surface area contributed by atoms with E-state index in [0.29, 0.717) is 17.4 Å². The number of esters is 1. The lowest BCUT2D eigenvalue weighted by atomic mass is 10.0. The zero-order chi connectivity index (χ0) is 58.6. The second kappa shape index (κ2) is 60.1. The van der Waals surface area contributed by atoms with Crippen molar-refractivity contribution in [1.29, 1.82) is 0 Å². The second-order valence-electron chi connectivity index (χ2n) is 24.7. The largest absolute Gasteiger partial charge is 0.756 e. The van der Waals surface area contributed by atoms with Gasteiger partial charge in [0.25, 0.3) is 7.82 Å². The molecule has 9 nitrogen and oxygen atoms in total. The number of carbonyl (C=O) groups excluding carboxylic acids is 2. The molecule has 0 aliphatic rings. The van der Waals surface area contributed by atoms with Crippen molar-refractivity contribution in [3.63, 3.8) is 0 Å². The van der Waals surface area contributed by atoms with Crippen LogP contribution in [0, 0.1) is 0 Å². The van der Waals surface area contributed by atoms with Crippen molar-refractivity contribution < 1.29 is 37.3 Å². The number of allylic oxidation sites excluding steroid dienone is 7. The highest BCUT2D eigenvalue weighted by molar-refractivity contribution is 7.45. The maximum Gasteiger partial charge on any atom is 0.306 e. The topological polar surface area (TPSA) is 114 Å². The fraction of sp³-hybridized carbons (Fsp3) is 0.857. The van der Waals surface area contributed by atoms with Crippen LogP contribution in [0.4, 0.5) is 0 Å². The zero-order valence-electron chi connectivity index (χ0n) is 53.8. The van der Waals surface area contributed by atoms with Gasteiger partial charge in [-0.3, -0.25) is 14.2 Å². The van der Waals surface area contributed by atoms with Crippen LogP contribution in [0.25, 0.3) is 0 Å². The Morgan fingerprint density at radius 1 is 0.438 bits per heavy atom. The van der Waals surface area contributed by atoms with E-state index in [9.17, 15) is 19.0 Å². The number of amides is 1. The summed E-state index contributed by atoms with van der Waals surface area (Å²) in [6, 6.07) is -0.889. The summed E-state index contributed by atoms with van der Waals surface area (Å²) >= 11 is 0. The third-order valence-corrected chi connectivity index (χ3v) is 16.4. The highest BCUT2D eigenvalue weighted by Gasteiger charge is 2.27. The van der Waals surface area contributed by atoms with Crippen LogP contribution in [0.3, 0.4) is 0 Å². The van der Waals surface area contributed by atoms with Gasteiger partial charge in [0.05, 0.1) is 33.8 Å². The molecule has 0 fully saturated rings. The Labute approximate surface area is 497 Å². The number of hydrogen-bond acceptors (Lipinski definition) is 7. The molecule has 0 radical (unpaired) electrons. The first-order valence-electron chi connectivity index (χ1n) is 34.4. The van der Waals surface area contributed by atoms with E-state index in [1.165, 1.54) is 238 Å².